The number of para-hydroxylation sites is 1. The van der Waals surface area contributed by atoms with Crippen molar-refractivity contribution in [2.45, 2.75) is 26.4 Å². The number of ether oxygens (including phenoxy) is 1. The Labute approximate surface area is 165 Å². The maximum atomic E-state index is 12.7. The van der Waals surface area contributed by atoms with E-state index in [0.717, 1.165) is 29.7 Å². The summed E-state index contributed by atoms with van der Waals surface area (Å²) in [6.45, 7) is 2.49. The molecule has 0 bridgehead atoms. The monoisotopic (exact) mass is 372 g/mol. The molecule has 0 aromatic heterocycles. The molecule has 3 aromatic carbocycles. The first kappa shape index (κ1) is 19.4. The minimum Gasteiger partial charge on any atom is -0.488 e. The lowest BCUT2D eigenvalue weighted by Crippen LogP contribution is -2.21. The van der Waals surface area contributed by atoms with Crippen LogP contribution in [0.4, 0.5) is 0 Å². The Bertz CT molecular complexity index is 922. The number of carbonyl (C=O) groups excluding carboxylic acids is 1. The lowest BCUT2D eigenvalue weighted by molar-refractivity contribution is 0.0950. The van der Waals surface area contributed by atoms with Crippen molar-refractivity contribution in [2.24, 2.45) is 5.10 Å². The minimum atomic E-state index is -0.284. The predicted molar refractivity (Wildman–Crippen MR) is 113 cm³/mol. The molecule has 0 aliphatic rings. The Balaban J connectivity index is 1.73. The van der Waals surface area contributed by atoms with E-state index < -0.39 is 0 Å². The van der Waals surface area contributed by atoms with Crippen molar-refractivity contribution < 1.29 is 9.53 Å². The molecule has 0 saturated heterocycles. The van der Waals surface area contributed by atoms with E-state index >= 15 is 0 Å². The highest BCUT2D eigenvalue weighted by atomic mass is 16.5. The number of carbonyl (C=O) groups is 1. The molecule has 0 aliphatic heterocycles. The van der Waals surface area contributed by atoms with Crippen molar-refractivity contribution in [3.63, 3.8) is 0 Å². The zero-order valence-electron chi connectivity index (χ0n) is 16.0. The zero-order valence-corrected chi connectivity index (χ0v) is 16.0. The average molecular weight is 372 g/mol. The summed E-state index contributed by atoms with van der Waals surface area (Å²) < 4.78 is 5.87. The molecular formula is C24H24N2O2. The Morgan fingerprint density at radius 1 is 0.893 bits per heavy atom. The molecule has 4 nitrogen and oxygen atoms in total. The second-order valence-electron chi connectivity index (χ2n) is 6.39. The summed E-state index contributed by atoms with van der Waals surface area (Å²) in [6, 6.07) is 27.0. The van der Waals surface area contributed by atoms with E-state index in [1.807, 2.05) is 72.8 Å². The van der Waals surface area contributed by atoms with Gasteiger partial charge in [0.1, 0.15) is 12.4 Å². The number of nitrogens with one attached hydrogen (secondary N) is 1. The highest BCUT2D eigenvalue weighted by Gasteiger charge is 2.12. The molecule has 1 amide bonds. The smallest absolute Gasteiger partial charge is 0.275 e. The van der Waals surface area contributed by atoms with E-state index in [1.54, 1.807) is 12.1 Å². The molecule has 0 radical (unpaired) electrons. The normalized spacial score (nSPS) is 11.1. The molecular weight excluding hydrogens is 348 g/mol. The van der Waals surface area contributed by atoms with Crippen molar-refractivity contribution >= 4 is 11.6 Å². The molecule has 28 heavy (non-hydrogen) atoms. The van der Waals surface area contributed by atoms with Crippen molar-refractivity contribution in [3.8, 4) is 5.75 Å². The third-order valence-corrected chi connectivity index (χ3v) is 4.26. The average Bonchev–Trinajstić information content (AvgIpc) is 2.76. The van der Waals surface area contributed by atoms with Gasteiger partial charge in [-0.1, -0.05) is 86.1 Å². The van der Waals surface area contributed by atoms with Gasteiger partial charge in [-0.2, -0.15) is 5.10 Å². The molecule has 0 unspecified atom stereocenters. The fourth-order valence-electron chi connectivity index (χ4n) is 2.83. The van der Waals surface area contributed by atoms with E-state index in [1.165, 1.54) is 0 Å². The molecule has 4 heteroatoms. The quantitative estimate of drug-likeness (QED) is 0.436. The van der Waals surface area contributed by atoms with Gasteiger partial charge in [0, 0.05) is 0 Å². The van der Waals surface area contributed by atoms with E-state index in [9.17, 15) is 4.79 Å². The Morgan fingerprint density at radius 2 is 1.54 bits per heavy atom. The molecule has 3 aromatic rings. The molecule has 0 atom stereocenters. The Morgan fingerprint density at radius 3 is 2.25 bits per heavy atom. The number of hydrazone groups is 1. The van der Waals surface area contributed by atoms with Crippen molar-refractivity contribution in [1.82, 2.24) is 5.43 Å². The molecule has 0 spiro atoms. The largest absolute Gasteiger partial charge is 0.488 e. The fraction of sp³-hybridized carbons (Fsp3) is 0.167. The molecule has 3 rings (SSSR count). The van der Waals surface area contributed by atoms with Crippen molar-refractivity contribution in [2.75, 3.05) is 0 Å². The van der Waals surface area contributed by atoms with Gasteiger partial charge in [-0.15, -0.1) is 0 Å². The lowest BCUT2D eigenvalue weighted by atomic mass is 10.1. The Kier molecular flexibility index (Phi) is 6.96. The summed E-state index contributed by atoms with van der Waals surface area (Å²) >= 11 is 0. The van der Waals surface area contributed by atoms with E-state index in [2.05, 4.69) is 17.5 Å². The summed E-state index contributed by atoms with van der Waals surface area (Å²) in [5, 5.41) is 4.38. The van der Waals surface area contributed by atoms with Gasteiger partial charge >= 0.3 is 0 Å². The van der Waals surface area contributed by atoms with Crippen LogP contribution in [0.1, 0.15) is 41.3 Å². The first-order valence-corrected chi connectivity index (χ1v) is 9.46. The van der Waals surface area contributed by atoms with Crippen LogP contribution < -0.4 is 10.2 Å². The standard InChI is InChI=1S/C24H24N2O2/c1-2-11-22(20-14-7-4-8-15-20)25-26-24(27)21-16-9-10-17-23(21)28-18-19-12-5-3-6-13-19/h3-10,12-17H,2,11,18H2,1H3,(H,26,27). The van der Waals surface area contributed by atoms with Gasteiger partial charge in [0.05, 0.1) is 11.3 Å². The van der Waals surface area contributed by atoms with E-state index in [0.29, 0.717) is 17.9 Å². The van der Waals surface area contributed by atoms with Gasteiger partial charge in [-0.25, -0.2) is 5.43 Å². The first-order chi connectivity index (χ1) is 13.8. The highest BCUT2D eigenvalue weighted by Crippen LogP contribution is 2.19. The van der Waals surface area contributed by atoms with Crippen LogP contribution in [0, 0.1) is 0 Å². The SMILES string of the molecule is CCCC(=NNC(=O)c1ccccc1OCc1ccccc1)c1ccccc1. The van der Waals surface area contributed by atoms with Crippen LogP contribution in [-0.4, -0.2) is 11.6 Å². The van der Waals surface area contributed by atoms with Crippen LogP contribution in [0.5, 0.6) is 5.75 Å². The number of amides is 1. The topological polar surface area (TPSA) is 50.7 Å². The van der Waals surface area contributed by atoms with Gasteiger partial charge in [0.2, 0.25) is 0 Å². The number of hydrogen-bond donors (Lipinski definition) is 1. The van der Waals surface area contributed by atoms with Crippen molar-refractivity contribution in [1.29, 1.82) is 0 Å². The van der Waals surface area contributed by atoms with Crippen LogP contribution in [0.15, 0.2) is 90.0 Å². The van der Waals surface area contributed by atoms with Gasteiger partial charge in [0.25, 0.3) is 5.91 Å². The number of nitrogens with zero attached hydrogens (tertiary/aromatic N) is 1. The lowest BCUT2D eigenvalue weighted by Gasteiger charge is -2.11. The van der Waals surface area contributed by atoms with E-state index in [4.69, 9.17) is 4.74 Å². The highest BCUT2D eigenvalue weighted by molar-refractivity contribution is 6.02. The van der Waals surface area contributed by atoms with Crippen LogP contribution in [0.2, 0.25) is 0 Å². The van der Waals surface area contributed by atoms with Crippen LogP contribution >= 0.6 is 0 Å². The summed E-state index contributed by atoms with van der Waals surface area (Å²) in [6.07, 6.45) is 1.73. The predicted octanol–water partition coefficient (Wildman–Crippen LogP) is 5.20. The second-order valence-corrected chi connectivity index (χ2v) is 6.39. The molecule has 0 saturated carbocycles. The molecule has 0 aliphatic carbocycles. The van der Waals surface area contributed by atoms with Gasteiger partial charge < -0.3 is 4.74 Å². The van der Waals surface area contributed by atoms with Crippen LogP contribution in [-0.2, 0) is 6.61 Å². The number of rotatable bonds is 8. The number of benzene rings is 3. The van der Waals surface area contributed by atoms with Gasteiger partial charge in [-0.3, -0.25) is 4.79 Å². The molecule has 0 heterocycles. The number of hydrogen-bond acceptors (Lipinski definition) is 3. The van der Waals surface area contributed by atoms with Gasteiger partial charge in [-0.05, 0) is 29.7 Å². The van der Waals surface area contributed by atoms with E-state index in [-0.39, 0.29) is 5.91 Å². The molecule has 142 valence electrons. The third-order valence-electron chi connectivity index (χ3n) is 4.26. The summed E-state index contributed by atoms with van der Waals surface area (Å²) in [5.74, 6) is 0.254. The molecule has 0 fully saturated rings. The zero-order chi connectivity index (χ0) is 19.6. The van der Waals surface area contributed by atoms with Crippen molar-refractivity contribution in [3.05, 3.63) is 102 Å². The first-order valence-electron chi connectivity index (χ1n) is 9.46. The fourth-order valence-corrected chi connectivity index (χ4v) is 2.83. The molecule has 1 N–H and O–H groups in total. The van der Waals surface area contributed by atoms with Gasteiger partial charge in [0.15, 0.2) is 0 Å². The summed E-state index contributed by atoms with van der Waals surface area (Å²) in [5.41, 5.74) is 6.07. The van der Waals surface area contributed by atoms with Crippen LogP contribution in [0.25, 0.3) is 0 Å². The maximum absolute atomic E-state index is 12.7. The Hall–Kier alpha value is -3.40. The minimum absolute atomic E-state index is 0.284. The second kappa shape index (κ2) is 10.1. The maximum Gasteiger partial charge on any atom is 0.275 e. The van der Waals surface area contributed by atoms with Crippen LogP contribution in [0.3, 0.4) is 0 Å². The third kappa shape index (κ3) is 5.30. The summed E-state index contributed by atoms with van der Waals surface area (Å²) in [7, 11) is 0. The summed E-state index contributed by atoms with van der Waals surface area (Å²) in [4.78, 5) is 12.7.